The van der Waals surface area contributed by atoms with E-state index >= 15 is 0 Å². The second-order valence-electron chi connectivity index (χ2n) is 6.20. The third-order valence-corrected chi connectivity index (χ3v) is 4.42. The molecule has 0 amide bonds. The summed E-state index contributed by atoms with van der Waals surface area (Å²) < 4.78 is 0. The van der Waals surface area contributed by atoms with Gasteiger partial charge in [-0.05, 0) is 36.4 Å². The lowest BCUT2D eigenvalue weighted by Gasteiger charge is -2.24. The van der Waals surface area contributed by atoms with E-state index < -0.39 is 0 Å². The van der Waals surface area contributed by atoms with E-state index in [9.17, 15) is 0 Å². The maximum absolute atomic E-state index is 3.45. The van der Waals surface area contributed by atoms with Gasteiger partial charge in [-0.25, -0.2) is 0 Å². The molecule has 1 nitrogen and oxygen atoms in total. The molecule has 0 fully saturated rings. The molecule has 1 heteroatoms. The van der Waals surface area contributed by atoms with Crippen molar-refractivity contribution < 1.29 is 0 Å². The molecule has 1 atom stereocenters. The van der Waals surface area contributed by atoms with Crippen molar-refractivity contribution in [3.8, 4) is 0 Å². The van der Waals surface area contributed by atoms with Gasteiger partial charge in [0, 0.05) is 6.04 Å². The molecule has 1 rings (SSSR count). The zero-order chi connectivity index (χ0) is 14.3. The fourth-order valence-electron chi connectivity index (χ4n) is 2.45. The van der Waals surface area contributed by atoms with Crippen LogP contribution in [0.2, 0.25) is 0 Å². The molecule has 1 unspecified atom stereocenters. The van der Waals surface area contributed by atoms with Crippen LogP contribution in [0.5, 0.6) is 0 Å². The number of hydrogen-bond donors (Lipinski definition) is 1. The molecule has 0 saturated heterocycles. The Morgan fingerprint density at radius 3 is 2.16 bits per heavy atom. The van der Waals surface area contributed by atoms with Gasteiger partial charge in [0.2, 0.25) is 0 Å². The number of hydrogen-bond acceptors (Lipinski definition) is 1. The molecule has 0 spiro atoms. The first-order valence-corrected chi connectivity index (χ1v) is 7.82. The quantitative estimate of drug-likeness (QED) is 0.633. The molecular weight excluding hydrogens is 230 g/mol. The van der Waals surface area contributed by atoms with Crippen LogP contribution >= 0.6 is 0 Å². The van der Waals surface area contributed by atoms with Gasteiger partial charge < -0.3 is 5.32 Å². The lowest BCUT2D eigenvalue weighted by atomic mass is 9.81. The average molecular weight is 261 g/mol. The minimum Gasteiger partial charge on any atom is -0.313 e. The minimum atomic E-state index is 0.288. The Hall–Kier alpha value is -0.820. The van der Waals surface area contributed by atoms with Crippen LogP contribution < -0.4 is 5.32 Å². The monoisotopic (exact) mass is 261 g/mol. The van der Waals surface area contributed by atoms with Crippen LogP contribution in [0.1, 0.15) is 77.0 Å². The van der Waals surface area contributed by atoms with Gasteiger partial charge in [-0.15, -0.1) is 0 Å². The van der Waals surface area contributed by atoms with Gasteiger partial charge in [-0.3, -0.25) is 0 Å². The number of unbranched alkanes of at least 4 members (excludes halogenated alkanes) is 2. The molecule has 0 aromatic heterocycles. The van der Waals surface area contributed by atoms with Crippen molar-refractivity contribution >= 4 is 0 Å². The van der Waals surface area contributed by atoms with E-state index in [4.69, 9.17) is 0 Å². The van der Waals surface area contributed by atoms with Crippen LogP contribution in [0.15, 0.2) is 24.3 Å². The maximum atomic E-state index is 3.45. The Morgan fingerprint density at radius 1 is 1.05 bits per heavy atom. The molecule has 1 aromatic carbocycles. The molecule has 108 valence electrons. The zero-order valence-corrected chi connectivity index (χ0v) is 13.4. The van der Waals surface area contributed by atoms with Crippen molar-refractivity contribution in [2.75, 3.05) is 7.05 Å². The summed E-state index contributed by atoms with van der Waals surface area (Å²) in [5, 5.41) is 3.45. The van der Waals surface area contributed by atoms with Gasteiger partial charge in [-0.1, -0.05) is 71.2 Å². The highest BCUT2D eigenvalue weighted by atomic mass is 14.9. The van der Waals surface area contributed by atoms with Crippen LogP contribution in [-0.4, -0.2) is 7.05 Å². The summed E-state index contributed by atoms with van der Waals surface area (Å²) in [6, 6.07) is 9.73. The van der Waals surface area contributed by atoms with Crippen molar-refractivity contribution in [3.63, 3.8) is 0 Å². The first-order chi connectivity index (χ1) is 9.05. The molecule has 0 saturated carbocycles. The van der Waals surface area contributed by atoms with Crippen molar-refractivity contribution in [2.24, 2.45) is 0 Å². The summed E-state index contributed by atoms with van der Waals surface area (Å²) in [5.41, 5.74) is 3.16. The highest BCUT2D eigenvalue weighted by Crippen LogP contribution is 2.28. The van der Waals surface area contributed by atoms with Crippen LogP contribution in [0, 0.1) is 0 Å². The van der Waals surface area contributed by atoms with Gasteiger partial charge in [0.15, 0.2) is 0 Å². The van der Waals surface area contributed by atoms with Crippen LogP contribution in [0.4, 0.5) is 0 Å². The molecular formula is C18H31N. The van der Waals surface area contributed by atoms with E-state index in [-0.39, 0.29) is 5.41 Å². The fourth-order valence-corrected chi connectivity index (χ4v) is 2.45. The fraction of sp³-hybridized carbons (Fsp3) is 0.667. The Bertz CT molecular complexity index is 350. The SMILES string of the molecule is CCCCCC(NC)c1ccc(C(C)(C)CC)cc1. The average Bonchev–Trinajstić information content (AvgIpc) is 2.44. The second-order valence-corrected chi connectivity index (χ2v) is 6.20. The first-order valence-electron chi connectivity index (χ1n) is 7.82. The Labute approximate surface area is 119 Å². The number of benzene rings is 1. The largest absolute Gasteiger partial charge is 0.313 e. The van der Waals surface area contributed by atoms with E-state index in [1.807, 2.05) is 0 Å². The summed E-state index contributed by atoms with van der Waals surface area (Å²) >= 11 is 0. The lowest BCUT2D eigenvalue weighted by molar-refractivity contribution is 0.500. The zero-order valence-electron chi connectivity index (χ0n) is 13.4. The van der Waals surface area contributed by atoms with Gasteiger partial charge in [0.05, 0.1) is 0 Å². The Kier molecular flexibility index (Phi) is 6.57. The van der Waals surface area contributed by atoms with E-state index in [1.165, 1.54) is 43.2 Å². The molecule has 1 aromatic rings. The van der Waals surface area contributed by atoms with Crippen LogP contribution in [0.25, 0.3) is 0 Å². The molecule has 0 aliphatic heterocycles. The second kappa shape index (κ2) is 7.69. The molecule has 0 aliphatic rings. The molecule has 0 heterocycles. The van der Waals surface area contributed by atoms with E-state index in [0.29, 0.717) is 6.04 Å². The predicted octanol–water partition coefficient (Wildman–Crippen LogP) is 5.22. The summed E-state index contributed by atoms with van der Waals surface area (Å²) in [4.78, 5) is 0. The molecule has 1 N–H and O–H groups in total. The smallest absolute Gasteiger partial charge is 0.0317 e. The van der Waals surface area contributed by atoms with E-state index in [0.717, 1.165) is 0 Å². The van der Waals surface area contributed by atoms with Crippen molar-refractivity contribution in [1.29, 1.82) is 0 Å². The van der Waals surface area contributed by atoms with Crippen molar-refractivity contribution in [1.82, 2.24) is 5.32 Å². The van der Waals surface area contributed by atoms with Gasteiger partial charge in [0.1, 0.15) is 0 Å². The van der Waals surface area contributed by atoms with Crippen molar-refractivity contribution in [3.05, 3.63) is 35.4 Å². The van der Waals surface area contributed by atoms with Crippen LogP contribution in [-0.2, 0) is 5.41 Å². The minimum absolute atomic E-state index is 0.288. The summed E-state index contributed by atoms with van der Waals surface area (Å²) in [5.74, 6) is 0. The standard InChI is InChI=1S/C18H31N/c1-6-8-9-10-17(19-5)15-11-13-16(14-12-15)18(3,4)7-2/h11-14,17,19H,6-10H2,1-5H3. The molecule has 19 heavy (non-hydrogen) atoms. The van der Waals surface area contributed by atoms with E-state index in [2.05, 4.69) is 64.3 Å². The summed E-state index contributed by atoms with van der Waals surface area (Å²) in [7, 11) is 2.07. The third kappa shape index (κ3) is 4.65. The first kappa shape index (κ1) is 16.2. The van der Waals surface area contributed by atoms with Gasteiger partial charge >= 0.3 is 0 Å². The van der Waals surface area contributed by atoms with Gasteiger partial charge in [0.25, 0.3) is 0 Å². The van der Waals surface area contributed by atoms with E-state index in [1.54, 1.807) is 0 Å². The van der Waals surface area contributed by atoms with Crippen LogP contribution in [0.3, 0.4) is 0 Å². The summed E-state index contributed by atoms with van der Waals surface area (Å²) in [6.45, 7) is 9.16. The molecule has 0 aliphatic carbocycles. The van der Waals surface area contributed by atoms with Gasteiger partial charge in [-0.2, -0.15) is 0 Å². The normalized spacial score (nSPS) is 13.5. The summed E-state index contributed by atoms with van der Waals surface area (Å²) in [6.07, 6.45) is 6.35. The number of rotatable bonds is 8. The highest BCUT2D eigenvalue weighted by Gasteiger charge is 2.18. The Balaban J connectivity index is 2.73. The lowest BCUT2D eigenvalue weighted by Crippen LogP contribution is -2.18. The molecule has 0 bridgehead atoms. The maximum Gasteiger partial charge on any atom is 0.0317 e. The molecule has 0 radical (unpaired) electrons. The predicted molar refractivity (Wildman–Crippen MR) is 85.7 cm³/mol. The topological polar surface area (TPSA) is 12.0 Å². The highest BCUT2D eigenvalue weighted by molar-refractivity contribution is 5.29. The third-order valence-electron chi connectivity index (χ3n) is 4.42. The van der Waals surface area contributed by atoms with Crippen molar-refractivity contribution in [2.45, 2.75) is 71.3 Å². The number of nitrogens with one attached hydrogen (secondary N) is 1. The Morgan fingerprint density at radius 2 is 1.68 bits per heavy atom.